The molecule has 0 aromatic heterocycles. The summed E-state index contributed by atoms with van der Waals surface area (Å²) < 4.78 is 25.9. The van der Waals surface area contributed by atoms with E-state index in [0.717, 1.165) is 12.8 Å². The topological polar surface area (TPSA) is 125 Å². The average Bonchev–Trinajstić information content (AvgIpc) is 2.81. The summed E-state index contributed by atoms with van der Waals surface area (Å²) in [7, 11) is 2.94. The van der Waals surface area contributed by atoms with Crippen LogP contribution in [0.5, 0.6) is 0 Å². The zero-order valence-electron chi connectivity index (χ0n) is 20.8. The highest BCUT2D eigenvalue weighted by Crippen LogP contribution is 2.02. The molecule has 0 aliphatic carbocycles. The lowest BCUT2D eigenvalue weighted by Gasteiger charge is -2.19. The zero-order valence-corrected chi connectivity index (χ0v) is 20.8. The maximum Gasteiger partial charge on any atom is 0.328 e. The van der Waals surface area contributed by atoms with Crippen LogP contribution in [-0.2, 0) is 38.1 Å². The van der Waals surface area contributed by atoms with E-state index < -0.39 is 12.0 Å². The minimum atomic E-state index is -0.674. The lowest BCUT2D eigenvalue weighted by molar-refractivity contribution is -0.145. The van der Waals surface area contributed by atoms with Crippen molar-refractivity contribution in [1.82, 2.24) is 15.5 Å². The number of hydrogen-bond donors (Lipinski definition) is 2. The molecule has 0 aliphatic heterocycles. The van der Waals surface area contributed by atoms with Gasteiger partial charge < -0.3 is 34.3 Å². The Kier molecular flexibility index (Phi) is 21.1. The van der Waals surface area contributed by atoms with Crippen molar-refractivity contribution in [3.8, 4) is 12.3 Å². The molecule has 0 heterocycles. The number of esters is 1. The van der Waals surface area contributed by atoms with Crippen LogP contribution < -0.4 is 10.6 Å². The number of likely N-dealkylation sites (N-methyl/N-ethyl adjacent to an activating group) is 1. The summed E-state index contributed by atoms with van der Waals surface area (Å²) in [5.74, 6) is 1.34. The first-order chi connectivity index (χ1) is 16.4. The molecule has 0 aromatic carbocycles. The number of hydrogen-bond acceptors (Lipinski definition) is 9. The van der Waals surface area contributed by atoms with E-state index in [9.17, 15) is 14.4 Å². The highest BCUT2D eigenvalue weighted by atomic mass is 16.6. The first-order valence-corrected chi connectivity index (χ1v) is 11.5. The molecule has 11 nitrogen and oxygen atoms in total. The first-order valence-electron chi connectivity index (χ1n) is 11.5. The van der Waals surface area contributed by atoms with Crippen molar-refractivity contribution in [1.29, 1.82) is 0 Å². The Morgan fingerprint density at radius 1 is 0.912 bits per heavy atom. The maximum atomic E-state index is 12.2. The van der Waals surface area contributed by atoms with Crippen LogP contribution in [0.25, 0.3) is 0 Å². The summed E-state index contributed by atoms with van der Waals surface area (Å²) >= 11 is 0. The summed E-state index contributed by atoms with van der Waals surface area (Å²) in [6.07, 6.45) is 7.27. The van der Waals surface area contributed by atoms with Gasteiger partial charge in [0.2, 0.25) is 11.8 Å². The fourth-order valence-electron chi connectivity index (χ4n) is 2.69. The highest BCUT2D eigenvalue weighted by molar-refractivity contribution is 5.86. The highest BCUT2D eigenvalue weighted by Gasteiger charge is 2.21. The standard InChI is InChI=1S/C23H41N3O8/c1-5-7-8-20(23(29)30-4)25-22(28)19-26(3)18-21(27)24-9-11-32-13-15-34-17-16-33-14-12-31-10-6-2/h2,20H,5,7-19H2,1,3-4H3,(H,24,27)(H,25,28). The van der Waals surface area contributed by atoms with Gasteiger partial charge in [-0.2, -0.15) is 0 Å². The first kappa shape index (κ1) is 31.8. The number of unbranched alkanes of at least 4 members (excludes halogenated alkanes) is 1. The minimum Gasteiger partial charge on any atom is -0.467 e. The summed E-state index contributed by atoms with van der Waals surface area (Å²) in [6, 6.07) is -0.674. The molecule has 1 unspecified atom stereocenters. The van der Waals surface area contributed by atoms with Gasteiger partial charge in [-0.3, -0.25) is 14.5 Å². The van der Waals surface area contributed by atoms with Gasteiger partial charge >= 0.3 is 5.97 Å². The zero-order chi connectivity index (χ0) is 25.4. The van der Waals surface area contributed by atoms with Crippen LogP contribution in [0.4, 0.5) is 0 Å². The van der Waals surface area contributed by atoms with Crippen LogP contribution in [-0.4, -0.2) is 115 Å². The summed E-state index contributed by atoms with van der Waals surface area (Å²) in [4.78, 5) is 37.5. The molecule has 11 heteroatoms. The predicted molar refractivity (Wildman–Crippen MR) is 126 cm³/mol. The number of ether oxygens (including phenoxy) is 5. The predicted octanol–water partition coefficient (Wildman–Crippen LogP) is -0.418. The van der Waals surface area contributed by atoms with E-state index in [0.29, 0.717) is 59.2 Å². The van der Waals surface area contributed by atoms with E-state index in [1.807, 2.05) is 6.92 Å². The Morgan fingerprint density at radius 2 is 1.47 bits per heavy atom. The Labute approximate surface area is 203 Å². The lowest BCUT2D eigenvalue weighted by atomic mass is 10.1. The second kappa shape index (κ2) is 22.6. The fourth-order valence-corrected chi connectivity index (χ4v) is 2.69. The smallest absolute Gasteiger partial charge is 0.328 e. The van der Waals surface area contributed by atoms with Crippen LogP contribution >= 0.6 is 0 Å². The summed E-state index contributed by atoms with van der Waals surface area (Å²) in [6.45, 7) is 5.67. The Balaban J connectivity index is 3.73. The van der Waals surface area contributed by atoms with E-state index in [1.54, 1.807) is 11.9 Å². The third-order valence-electron chi connectivity index (χ3n) is 4.36. The molecule has 2 amide bonds. The molecule has 2 N–H and O–H groups in total. The van der Waals surface area contributed by atoms with Gasteiger partial charge in [0.15, 0.2) is 0 Å². The van der Waals surface area contributed by atoms with Gasteiger partial charge in [-0.05, 0) is 13.5 Å². The third-order valence-corrected chi connectivity index (χ3v) is 4.36. The lowest BCUT2D eigenvalue weighted by Crippen LogP contribution is -2.47. The van der Waals surface area contributed by atoms with Crippen molar-refractivity contribution in [2.24, 2.45) is 0 Å². The fraction of sp³-hybridized carbons (Fsp3) is 0.783. The number of carbonyl (C=O) groups excluding carboxylic acids is 3. The molecule has 196 valence electrons. The van der Waals surface area contributed by atoms with Crippen molar-refractivity contribution in [3.05, 3.63) is 0 Å². The largest absolute Gasteiger partial charge is 0.467 e. The number of methoxy groups -OCH3 is 1. The molecule has 0 bridgehead atoms. The van der Waals surface area contributed by atoms with Crippen molar-refractivity contribution in [2.75, 3.05) is 86.6 Å². The summed E-state index contributed by atoms with van der Waals surface area (Å²) in [5.41, 5.74) is 0. The average molecular weight is 488 g/mol. The number of amides is 2. The number of carbonyl (C=O) groups is 3. The number of nitrogens with one attached hydrogen (secondary N) is 2. The van der Waals surface area contributed by atoms with E-state index >= 15 is 0 Å². The van der Waals surface area contributed by atoms with E-state index in [-0.39, 0.29) is 31.5 Å². The van der Waals surface area contributed by atoms with Crippen LogP contribution in [0.2, 0.25) is 0 Å². The van der Waals surface area contributed by atoms with Crippen molar-refractivity contribution < 1.29 is 38.1 Å². The molecule has 0 saturated heterocycles. The van der Waals surface area contributed by atoms with Gasteiger partial charge in [0.05, 0.1) is 66.4 Å². The number of nitrogens with zero attached hydrogens (tertiary/aromatic N) is 1. The number of terminal acetylenes is 1. The summed E-state index contributed by atoms with van der Waals surface area (Å²) in [5, 5.41) is 5.39. The van der Waals surface area contributed by atoms with Crippen LogP contribution in [0.1, 0.15) is 26.2 Å². The molecule has 0 saturated carbocycles. The molecular weight excluding hydrogens is 446 g/mol. The van der Waals surface area contributed by atoms with Crippen LogP contribution in [0.15, 0.2) is 0 Å². The number of rotatable bonds is 22. The molecule has 34 heavy (non-hydrogen) atoms. The van der Waals surface area contributed by atoms with Gasteiger partial charge in [-0.25, -0.2) is 4.79 Å². The van der Waals surface area contributed by atoms with Crippen molar-refractivity contribution >= 4 is 17.8 Å². The van der Waals surface area contributed by atoms with Gasteiger partial charge in [-0.15, -0.1) is 6.42 Å². The Bertz CT molecular complexity index is 597. The molecule has 0 rings (SSSR count). The minimum absolute atomic E-state index is 0.0114. The molecule has 0 radical (unpaired) electrons. The van der Waals surface area contributed by atoms with E-state index in [1.165, 1.54) is 7.11 Å². The van der Waals surface area contributed by atoms with Gasteiger partial charge in [-0.1, -0.05) is 25.7 Å². The molecule has 0 spiro atoms. The molecule has 0 fully saturated rings. The molecular formula is C23H41N3O8. The SMILES string of the molecule is C#CCOCCOCCOCCOCCNC(=O)CN(C)CC(=O)NC(CCCC)C(=O)OC. The second-order valence-electron chi connectivity index (χ2n) is 7.40. The van der Waals surface area contributed by atoms with Crippen molar-refractivity contribution in [2.45, 2.75) is 32.2 Å². The molecule has 0 aromatic rings. The Hall–Kier alpha value is -2.23. The quantitative estimate of drug-likeness (QED) is 0.119. The molecule has 1 atom stereocenters. The monoisotopic (exact) mass is 487 g/mol. The normalized spacial score (nSPS) is 11.6. The van der Waals surface area contributed by atoms with Gasteiger partial charge in [0, 0.05) is 6.54 Å². The van der Waals surface area contributed by atoms with E-state index in [2.05, 4.69) is 16.6 Å². The van der Waals surface area contributed by atoms with Crippen LogP contribution in [0, 0.1) is 12.3 Å². The van der Waals surface area contributed by atoms with E-state index in [4.69, 9.17) is 30.1 Å². The third kappa shape index (κ3) is 19.3. The second-order valence-corrected chi connectivity index (χ2v) is 7.40. The maximum absolute atomic E-state index is 12.2. The molecule has 0 aliphatic rings. The van der Waals surface area contributed by atoms with Crippen LogP contribution in [0.3, 0.4) is 0 Å². The van der Waals surface area contributed by atoms with Gasteiger partial charge in [0.1, 0.15) is 12.6 Å². The van der Waals surface area contributed by atoms with Crippen molar-refractivity contribution in [3.63, 3.8) is 0 Å². The Morgan fingerprint density at radius 3 is 2.03 bits per heavy atom. The van der Waals surface area contributed by atoms with Gasteiger partial charge in [0.25, 0.3) is 0 Å².